The van der Waals surface area contributed by atoms with E-state index in [-0.39, 0.29) is 5.69 Å². The molecule has 66 valence electrons. The number of nitrogens with one attached hydrogen (secondary N) is 1. The molecule has 2 N–H and O–H groups in total. The Morgan fingerprint density at radius 1 is 1.77 bits per heavy atom. The van der Waals surface area contributed by atoms with Gasteiger partial charge in [0, 0.05) is 6.20 Å². The van der Waals surface area contributed by atoms with Gasteiger partial charge in [0.1, 0.15) is 5.69 Å². The third-order valence-electron chi connectivity index (χ3n) is 1.46. The van der Waals surface area contributed by atoms with E-state index in [1.165, 1.54) is 6.07 Å². The summed E-state index contributed by atoms with van der Waals surface area (Å²) in [4.78, 5) is 13.0. The van der Waals surface area contributed by atoms with E-state index < -0.39 is 5.97 Å². The number of aromatic nitrogens is 1. The number of nitrogens with zero attached hydrogens (tertiary/aromatic N) is 1. The van der Waals surface area contributed by atoms with Crippen molar-refractivity contribution in [3.8, 4) is 6.07 Å². The van der Waals surface area contributed by atoms with Gasteiger partial charge in [-0.05, 0) is 11.6 Å². The molecule has 0 amide bonds. The molecule has 0 aliphatic heterocycles. The quantitative estimate of drug-likeness (QED) is 0.734. The summed E-state index contributed by atoms with van der Waals surface area (Å²) in [5, 5.41) is 16.8. The van der Waals surface area contributed by atoms with Gasteiger partial charge in [-0.1, -0.05) is 12.2 Å². The highest BCUT2D eigenvalue weighted by Gasteiger charge is 2.03. The number of nitriles is 1. The van der Waals surface area contributed by atoms with Crippen molar-refractivity contribution in [2.45, 2.75) is 6.42 Å². The zero-order valence-electron chi connectivity index (χ0n) is 6.82. The average Bonchev–Trinajstić information content (AvgIpc) is 2.53. The number of aromatic carboxylic acids is 1. The summed E-state index contributed by atoms with van der Waals surface area (Å²) in [6.07, 6.45) is 5.28. The van der Waals surface area contributed by atoms with Crippen molar-refractivity contribution in [3.63, 3.8) is 0 Å². The molecule has 0 unspecified atom stereocenters. The van der Waals surface area contributed by atoms with E-state index in [0.717, 1.165) is 5.56 Å². The molecular formula is C9H8N2O2. The van der Waals surface area contributed by atoms with Crippen molar-refractivity contribution < 1.29 is 9.90 Å². The largest absolute Gasteiger partial charge is 0.477 e. The molecule has 0 bridgehead atoms. The van der Waals surface area contributed by atoms with Crippen LogP contribution in [0.2, 0.25) is 0 Å². The van der Waals surface area contributed by atoms with Crippen LogP contribution in [0.4, 0.5) is 0 Å². The Bertz CT molecular complexity index is 371. The molecule has 0 aliphatic rings. The third kappa shape index (κ3) is 2.49. The lowest BCUT2D eigenvalue weighted by atomic mass is 10.2. The highest BCUT2D eigenvalue weighted by Crippen LogP contribution is 2.05. The number of allylic oxidation sites excluding steroid dienone is 1. The lowest BCUT2D eigenvalue weighted by molar-refractivity contribution is 0.0691. The summed E-state index contributed by atoms with van der Waals surface area (Å²) in [7, 11) is 0. The molecule has 13 heavy (non-hydrogen) atoms. The normalized spacial score (nSPS) is 10.1. The van der Waals surface area contributed by atoms with Crippen LogP contribution in [0.15, 0.2) is 18.3 Å². The fourth-order valence-electron chi connectivity index (χ4n) is 0.878. The molecule has 0 radical (unpaired) electrons. The molecule has 0 saturated carbocycles. The predicted octanol–water partition coefficient (Wildman–Crippen LogP) is 1.64. The molecule has 0 atom stereocenters. The Morgan fingerprint density at radius 3 is 3.08 bits per heavy atom. The average molecular weight is 176 g/mol. The van der Waals surface area contributed by atoms with Crippen LogP contribution in [0.5, 0.6) is 0 Å². The first-order valence-corrected chi connectivity index (χ1v) is 3.69. The van der Waals surface area contributed by atoms with E-state index in [4.69, 9.17) is 10.4 Å². The molecule has 1 aromatic heterocycles. The zero-order chi connectivity index (χ0) is 9.68. The van der Waals surface area contributed by atoms with E-state index in [9.17, 15) is 4.79 Å². The zero-order valence-corrected chi connectivity index (χ0v) is 6.82. The van der Waals surface area contributed by atoms with Gasteiger partial charge >= 0.3 is 5.97 Å². The Kier molecular flexibility index (Phi) is 2.87. The van der Waals surface area contributed by atoms with E-state index in [1.807, 2.05) is 6.07 Å². The Morgan fingerprint density at radius 2 is 2.54 bits per heavy atom. The molecule has 0 saturated heterocycles. The van der Waals surface area contributed by atoms with Crippen LogP contribution in [-0.2, 0) is 0 Å². The highest BCUT2D eigenvalue weighted by atomic mass is 16.4. The number of carboxylic acids is 1. The van der Waals surface area contributed by atoms with Gasteiger partial charge in [-0.25, -0.2) is 4.79 Å². The van der Waals surface area contributed by atoms with Crippen molar-refractivity contribution >= 4 is 12.0 Å². The number of hydrogen-bond acceptors (Lipinski definition) is 2. The van der Waals surface area contributed by atoms with Crippen LogP contribution in [-0.4, -0.2) is 16.1 Å². The summed E-state index contributed by atoms with van der Waals surface area (Å²) in [6.45, 7) is 0. The van der Waals surface area contributed by atoms with Crippen molar-refractivity contribution in [1.82, 2.24) is 4.98 Å². The van der Waals surface area contributed by atoms with Crippen molar-refractivity contribution in [3.05, 3.63) is 29.6 Å². The SMILES string of the molecule is N#CCC=Cc1c[nH]c(C(=O)O)c1. The fourth-order valence-corrected chi connectivity index (χ4v) is 0.878. The smallest absolute Gasteiger partial charge is 0.352 e. The Labute approximate surface area is 75.1 Å². The van der Waals surface area contributed by atoms with Crippen molar-refractivity contribution in [2.24, 2.45) is 0 Å². The molecule has 0 aliphatic carbocycles. The van der Waals surface area contributed by atoms with Crippen LogP contribution in [0, 0.1) is 11.3 Å². The maximum Gasteiger partial charge on any atom is 0.352 e. The Balaban J connectivity index is 2.70. The maximum atomic E-state index is 10.4. The second-order valence-electron chi connectivity index (χ2n) is 2.42. The van der Waals surface area contributed by atoms with Crippen LogP contribution in [0.1, 0.15) is 22.5 Å². The van der Waals surface area contributed by atoms with Crippen molar-refractivity contribution in [1.29, 1.82) is 5.26 Å². The van der Waals surface area contributed by atoms with Crippen LogP contribution >= 0.6 is 0 Å². The summed E-state index contributed by atoms with van der Waals surface area (Å²) in [6, 6.07) is 3.46. The minimum absolute atomic E-state index is 0.150. The summed E-state index contributed by atoms with van der Waals surface area (Å²) in [5.74, 6) is -0.986. The second-order valence-corrected chi connectivity index (χ2v) is 2.42. The van der Waals surface area contributed by atoms with Gasteiger partial charge in [-0.15, -0.1) is 0 Å². The van der Waals surface area contributed by atoms with Gasteiger partial charge in [0.25, 0.3) is 0 Å². The first-order chi connectivity index (χ1) is 6.24. The standard InChI is InChI=1S/C9H8N2O2/c10-4-2-1-3-7-5-8(9(12)13)11-6-7/h1,3,5-6,11H,2H2,(H,12,13). The number of rotatable bonds is 3. The minimum atomic E-state index is -0.986. The molecule has 0 fully saturated rings. The van der Waals surface area contributed by atoms with Crippen molar-refractivity contribution in [2.75, 3.05) is 0 Å². The molecule has 1 heterocycles. The first kappa shape index (κ1) is 9.07. The van der Waals surface area contributed by atoms with E-state index in [1.54, 1.807) is 18.3 Å². The lowest BCUT2D eigenvalue weighted by Crippen LogP contribution is -1.94. The summed E-state index contributed by atoms with van der Waals surface area (Å²) in [5.41, 5.74) is 0.907. The molecule has 1 rings (SSSR count). The molecule has 1 aromatic rings. The molecule has 0 spiro atoms. The number of carboxylic acid groups (broad SMARTS) is 1. The van der Waals surface area contributed by atoms with E-state index >= 15 is 0 Å². The van der Waals surface area contributed by atoms with E-state index in [2.05, 4.69) is 4.98 Å². The fraction of sp³-hybridized carbons (Fsp3) is 0.111. The molecular weight excluding hydrogens is 168 g/mol. The van der Waals surface area contributed by atoms with E-state index in [0.29, 0.717) is 6.42 Å². The van der Waals surface area contributed by atoms with Crippen LogP contribution in [0.25, 0.3) is 6.08 Å². The van der Waals surface area contributed by atoms with Gasteiger partial charge in [0.15, 0.2) is 0 Å². The third-order valence-corrected chi connectivity index (χ3v) is 1.46. The van der Waals surface area contributed by atoms with Gasteiger partial charge in [-0.3, -0.25) is 0 Å². The van der Waals surface area contributed by atoms with Crippen LogP contribution < -0.4 is 0 Å². The molecule has 0 aromatic carbocycles. The maximum absolute atomic E-state index is 10.4. The molecule has 4 nitrogen and oxygen atoms in total. The summed E-state index contributed by atoms with van der Waals surface area (Å²) >= 11 is 0. The second kappa shape index (κ2) is 4.12. The highest BCUT2D eigenvalue weighted by molar-refractivity contribution is 5.86. The number of hydrogen-bond donors (Lipinski definition) is 2. The number of H-pyrrole nitrogens is 1. The lowest BCUT2D eigenvalue weighted by Gasteiger charge is -1.82. The summed E-state index contributed by atoms with van der Waals surface area (Å²) < 4.78 is 0. The monoisotopic (exact) mass is 176 g/mol. The van der Waals surface area contributed by atoms with Gasteiger partial charge in [0.05, 0.1) is 12.5 Å². The van der Waals surface area contributed by atoms with Gasteiger partial charge < -0.3 is 10.1 Å². The van der Waals surface area contributed by atoms with Crippen LogP contribution in [0.3, 0.4) is 0 Å². The number of carbonyl (C=O) groups is 1. The van der Waals surface area contributed by atoms with Gasteiger partial charge in [-0.2, -0.15) is 5.26 Å². The minimum Gasteiger partial charge on any atom is -0.477 e. The first-order valence-electron chi connectivity index (χ1n) is 3.69. The topological polar surface area (TPSA) is 76.9 Å². The predicted molar refractivity (Wildman–Crippen MR) is 47.0 cm³/mol. The van der Waals surface area contributed by atoms with Gasteiger partial charge in [0.2, 0.25) is 0 Å². The Hall–Kier alpha value is -2.02. The molecule has 4 heteroatoms. The number of aromatic amines is 1.